The highest BCUT2D eigenvalue weighted by molar-refractivity contribution is 7.89. The van der Waals surface area contributed by atoms with Gasteiger partial charge in [-0.25, -0.2) is 13.6 Å². The lowest BCUT2D eigenvalue weighted by atomic mass is 10.0. The van der Waals surface area contributed by atoms with Crippen LogP contribution in [-0.4, -0.2) is 20.4 Å². The summed E-state index contributed by atoms with van der Waals surface area (Å²) in [6.45, 7) is 6.24. The van der Waals surface area contributed by atoms with Gasteiger partial charge in [-0.05, 0) is 43.4 Å². The van der Waals surface area contributed by atoms with E-state index in [1.54, 1.807) is 12.1 Å². The van der Waals surface area contributed by atoms with Crippen LogP contribution in [0.2, 0.25) is 0 Å². The van der Waals surface area contributed by atoms with Gasteiger partial charge in [0, 0.05) is 12.5 Å². The molecule has 0 bridgehead atoms. The van der Waals surface area contributed by atoms with Gasteiger partial charge in [-0.3, -0.25) is 4.79 Å². The van der Waals surface area contributed by atoms with Crippen LogP contribution in [0.1, 0.15) is 39.2 Å². The van der Waals surface area contributed by atoms with E-state index in [1.807, 2.05) is 6.92 Å². The minimum absolute atomic E-state index is 0.0127. The molecule has 118 valence electrons. The Labute approximate surface area is 127 Å². The van der Waals surface area contributed by atoms with Gasteiger partial charge in [0.1, 0.15) is 0 Å². The summed E-state index contributed by atoms with van der Waals surface area (Å²) in [5.74, 6) is 0.560. The third-order valence-electron chi connectivity index (χ3n) is 3.12. The molecule has 0 aliphatic carbocycles. The molecule has 0 aliphatic heterocycles. The van der Waals surface area contributed by atoms with Gasteiger partial charge >= 0.3 is 0 Å². The average molecular weight is 312 g/mol. The van der Waals surface area contributed by atoms with E-state index in [0.717, 1.165) is 12.0 Å². The first-order valence-electron chi connectivity index (χ1n) is 7.09. The number of carbonyl (C=O) groups excluding carboxylic acids is 1. The third kappa shape index (κ3) is 6.73. The monoisotopic (exact) mass is 312 g/mol. The highest BCUT2D eigenvalue weighted by Crippen LogP contribution is 2.10. The van der Waals surface area contributed by atoms with Crippen LogP contribution < -0.4 is 10.5 Å². The first kappa shape index (κ1) is 17.7. The SMILES string of the molecule is CC(C)CC(C)NC(=O)CCc1ccc(S(N)(=O)=O)cc1. The second-order valence-electron chi connectivity index (χ2n) is 5.79. The molecule has 1 atom stereocenters. The van der Waals surface area contributed by atoms with Crippen LogP contribution in [0, 0.1) is 5.92 Å². The third-order valence-corrected chi connectivity index (χ3v) is 4.05. The summed E-state index contributed by atoms with van der Waals surface area (Å²) in [5.41, 5.74) is 0.911. The Hall–Kier alpha value is -1.40. The number of primary sulfonamides is 1. The molecule has 0 spiro atoms. The molecular weight excluding hydrogens is 288 g/mol. The van der Waals surface area contributed by atoms with Crippen LogP contribution >= 0.6 is 0 Å². The quantitative estimate of drug-likeness (QED) is 0.804. The zero-order valence-electron chi connectivity index (χ0n) is 12.8. The maximum Gasteiger partial charge on any atom is 0.238 e. The Kier molecular flexibility index (Phi) is 6.36. The Morgan fingerprint density at radius 2 is 1.76 bits per heavy atom. The lowest BCUT2D eigenvalue weighted by Gasteiger charge is -2.15. The normalized spacial score (nSPS) is 13.2. The summed E-state index contributed by atoms with van der Waals surface area (Å²) in [7, 11) is -3.66. The zero-order valence-corrected chi connectivity index (χ0v) is 13.6. The van der Waals surface area contributed by atoms with E-state index >= 15 is 0 Å². The lowest BCUT2D eigenvalue weighted by molar-refractivity contribution is -0.121. The molecule has 1 aromatic carbocycles. The summed E-state index contributed by atoms with van der Waals surface area (Å²) >= 11 is 0. The van der Waals surface area contributed by atoms with Crippen LogP contribution in [-0.2, 0) is 21.2 Å². The van der Waals surface area contributed by atoms with Gasteiger partial charge in [-0.15, -0.1) is 0 Å². The molecule has 0 aromatic heterocycles. The van der Waals surface area contributed by atoms with Crippen LogP contribution in [0.5, 0.6) is 0 Å². The lowest BCUT2D eigenvalue weighted by Crippen LogP contribution is -2.33. The van der Waals surface area contributed by atoms with Gasteiger partial charge in [-0.2, -0.15) is 0 Å². The maximum absolute atomic E-state index is 11.8. The Morgan fingerprint density at radius 3 is 2.24 bits per heavy atom. The predicted molar refractivity (Wildman–Crippen MR) is 83.2 cm³/mol. The van der Waals surface area contributed by atoms with Crippen molar-refractivity contribution in [3.05, 3.63) is 29.8 Å². The fourth-order valence-electron chi connectivity index (χ4n) is 2.22. The number of hydrogen-bond donors (Lipinski definition) is 2. The van der Waals surface area contributed by atoms with E-state index < -0.39 is 10.0 Å². The van der Waals surface area contributed by atoms with E-state index in [2.05, 4.69) is 19.2 Å². The number of benzene rings is 1. The molecule has 0 radical (unpaired) electrons. The first-order valence-corrected chi connectivity index (χ1v) is 8.64. The van der Waals surface area contributed by atoms with Crippen molar-refractivity contribution in [2.45, 2.75) is 51.0 Å². The van der Waals surface area contributed by atoms with Crippen LogP contribution in [0.25, 0.3) is 0 Å². The number of rotatable bonds is 7. The molecule has 5 nitrogen and oxygen atoms in total. The van der Waals surface area contributed by atoms with E-state index in [1.165, 1.54) is 12.1 Å². The van der Waals surface area contributed by atoms with Crippen molar-refractivity contribution in [3.8, 4) is 0 Å². The molecule has 1 unspecified atom stereocenters. The highest BCUT2D eigenvalue weighted by Gasteiger charge is 2.10. The predicted octanol–water partition coefficient (Wildman–Crippen LogP) is 1.82. The van der Waals surface area contributed by atoms with Gasteiger partial charge < -0.3 is 5.32 Å². The zero-order chi connectivity index (χ0) is 16.0. The van der Waals surface area contributed by atoms with E-state index in [4.69, 9.17) is 5.14 Å². The number of nitrogens with one attached hydrogen (secondary N) is 1. The van der Waals surface area contributed by atoms with Gasteiger partial charge in [0.05, 0.1) is 4.90 Å². The second-order valence-corrected chi connectivity index (χ2v) is 7.35. The Morgan fingerprint density at radius 1 is 1.19 bits per heavy atom. The summed E-state index contributed by atoms with van der Waals surface area (Å²) in [4.78, 5) is 11.9. The molecule has 6 heteroatoms. The van der Waals surface area contributed by atoms with Crippen molar-refractivity contribution >= 4 is 15.9 Å². The van der Waals surface area contributed by atoms with Crippen molar-refractivity contribution < 1.29 is 13.2 Å². The number of aryl methyl sites for hydroxylation is 1. The smallest absolute Gasteiger partial charge is 0.238 e. The minimum Gasteiger partial charge on any atom is -0.354 e. The molecule has 0 saturated carbocycles. The fraction of sp³-hybridized carbons (Fsp3) is 0.533. The van der Waals surface area contributed by atoms with Crippen molar-refractivity contribution in [2.75, 3.05) is 0 Å². The summed E-state index contributed by atoms with van der Waals surface area (Å²) in [6.07, 6.45) is 1.91. The molecule has 0 heterocycles. The second kappa shape index (κ2) is 7.56. The van der Waals surface area contributed by atoms with E-state index in [9.17, 15) is 13.2 Å². The van der Waals surface area contributed by atoms with Gasteiger partial charge in [0.25, 0.3) is 0 Å². The molecule has 3 N–H and O–H groups in total. The molecule has 1 aromatic rings. The maximum atomic E-state index is 11.8. The molecule has 1 rings (SSSR count). The first-order chi connectivity index (χ1) is 9.68. The topological polar surface area (TPSA) is 89.3 Å². The number of hydrogen-bond acceptors (Lipinski definition) is 3. The Balaban J connectivity index is 2.46. The molecule has 0 fully saturated rings. The van der Waals surface area contributed by atoms with E-state index in [0.29, 0.717) is 18.8 Å². The molecule has 21 heavy (non-hydrogen) atoms. The van der Waals surface area contributed by atoms with Crippen molar-refractivity contribution in [1.82, 2.24) is 5.32 Å². The minimum atomic E-state index is -3.66. The summed E-state index contributed by atoms with van der Waals surface area (Å²) < 4.78 is 22.3. The van der Waals surface area contributed by atoms with Crippen molar-refractivity contribution in [3.63, 3.8) is 0 Å². The van der Waals surface area contributed by atoms with Gasteiger partial charge in [-0.1, -0.05) is 26.0 Å². The number of carbonyl (C=O) groups is 1. The summed E-state index contributed by atoms with van der Waals surface area (Å²) in [5, 5.41) is 7.99. The Bertz CT molecular complexity index is 565. The van der Waals surface area contributed by atoms with Crippen LogP contribution in [0.4, 0.5) is 0 Å². The molecular formula is C15H24N2O3S. The summed E-state index contributed by atoms with van der Waals surface area (Å²) in [6, 6.07) is 6.46. The number of sulfonamides is 1. The fourth-order valence-corrected chi connectivity index (χ4v) is 2.73. The van der Waals surface area contributed by atoms with Crippen molar-refractivity contribution in [1.29, 1.82) is 0 Å². The molecule has 0 aliphatic rings. The highest BCUT2D eigenvalue weighted by atomic mass is 32.2. The standard InChI is InChI=1S/C15H24N2O3S/c1-11(2)10-12(3)17-15(18)9-6-13-4-7-14(8-5-13)21(16,19)20/h4-5,7-8,11-12H,6,9-10H2,1-3H3,(H,17,18)(H2,16,19,20). The average Bonchev–Trinajstić information content (AvgIpc) is 2.34. The van der Waals surface area contributed by atoms with Crippen LogP contribution in [0.3, 0.4) is 0 Å². The molecule has 1 amide bonds. The van der Waals surface area contributed by atoms with Gasteiger partial charge in [0.15, 0.2) is 0 Å². The molecule has 0 saturated heterocycles. The largest absolute Gasteiger partial charge is 0.354 e. The number of amides is 1. The van der Waals surface area contributed by atoms with Gasteiger partial charge in [0.2, 0.25) is 15.9 Å². The van der Waals surface area contributed by atoms with Crippen molar-refractivity contribution in [2.24, 2.45) is 11.1 Å². The van der Waals surface area contributed by atoms with Crippen LogP contribution in [0.15, 0.2) is 29.2 Å². The van der Waals surface area contributed by atoms with E-state index in [-0.39, 0.29) is 16.8 Å². The number of nitrogens with two attached hydrogens (primary N) is 1.